The second kappa shape index (κ2) is 7.61. The first-order valence-corrected chi connectivity index (χ1v) is 10.0. The summed E-state index contributed by atoms with van der Waals surface area (Å²) in [4.78, 5) is 14.8. The van der Waals surface area contributed by atoms with E-state index in [9.17, 15) is 0 Å². The molecular weight excluding hydrogens is 374 g/mol. The lowest BCUT2D eigenvalue weighted by Gasteiger charge is -2.29. The van der Waals surface area contributed by atoms with Gasteiger partial charge in [0.15, 0.2) is 0 Å². The predicted octanol–water partition coefficient (Wildman–Crippen LogP) is 2.99. The number of para-hydroxylation sites is 1. The van der Waals surface area contributed by atoms with Crippen molar-refractivity contribution in [2.75, 3.05) is 31.1 Å². The number of nitrogen functional groups attached to an aromatic ring is 1. The molecule has 0 amide bonds. The van der Waals surface area contributed by atoms with Gasteiger partial charge in [-0.1, -0.05) is 18.2 Å². The van der Waals surface area contributed by atoms with E-state index in [0.29, 0.717) is 0 Å². The molecule has 0 saturated carbocycles. The van der Waals surface area contributed by atoms with Crippen molar-refractivity contribution in [3.8, 4) is 22.5 Å². The van der Waals surface area contributed by atoms with Crippen molar-refractivity contribution in [2.45, 2.75) is 0 Å². The number of fused-ring (bicyclic) bond motifs is 1. The van der Waals surface area contributed by atoms with Crippen molar-refractivity contribution in [1.82, 2.24) is 20.3 Å². The molecule has 1 aromatic carbocycles. The van der Waals surface area contributed by atoms with Crippen molar-refractivity contribution in [2.24, 2.45) is 5.73 Å². The summed E-state index contributed by atoms with van der Waals surface area (Å²) in [6, 6.07) is 16.1. The Bertz CT molecular complexity index is 1220. The van der Waals surface area contributed by atoms with E-state index in [1.807, 2.05) is 42.6 Å². The number of amidine groups is 1. The fourth-order valence-electron chi connectivity index (χ4n) is 3.91. The van der Waals surface area contributed by atoms with Gasteiger partial charge in [0, 0.05) is 60.8 Å². The average Bonchev–Trinajstić information content (AvgIpc) is 3.25. The summed E-state index contributed by atoms with van der Waals surface area (Å²) < 4.78 is 0. The van der Waals surface area contributed by atoms with E-state index in [4.69, 9.17) is 11.1 Å². The molecule has 5 rings (SSSR count). The van der Waals surface area contributed by atoms with Gasteiger partial charge < -0.3 is 20.9 Å². The molecule has 0 spiro atoms. The topological polar surface area (TPSA) is 107 Å². The number of nitrogens with zero attached hydrogens (tertiary/aromatic N) is 3. The maximum absolute atomic E-state index is 8.02. The van der Waals surface area contributed by atoms with Crippen LogP contribution in [-0.2, 0) is 0 Å². The predicted molar refractivity (Wildman–Crippen MR) is 121 cm³/mol. The van der Waals surface area contributed by atoms with Crippen LogP contribution in [0.3, 0.4) is 0 Å². The Hall–Kier alpha value is -3.71. The van der Waals surface area contributed by atoms with Crippen molar-refractivity contribution in [1.29, 1.82) is 5.41 Å². The molecule has 0 aliphatic carbocycles. The molecule has 30 heavy (non-hydrogen) atoms. The zero-order valence-electron chi connectivity index (χ0n) is 16.5. The number of benzene rings is 1. The first kappa shape index (κ1) is 18.3. The highest BCUT2D eigenvalue weighted by Crippen LogP contribution is 2.30. The maximum atomic E-state index is 8.02. The smallest absolute Gasteiger partial charge is 0.126 e. The summed E-state index contributed by atoms with van der Waals surface area (Å²) in [7, 11) is 0. The minimum atomic E-state index is 0.0686. The van der Waals surface area contributed by atoms with E-state index < -0.39 is 0 Å². The normalized spacial score (nSPS) is 14.2. The second-order valence-electron chi connectivity index (χ2n) is 7.44. The number of aromatic amines is 1. The largest absolute Gasteiger partial charge is 0.384 e. The summed E-state index contributed by atoms with van der Waals surface area (Å²) in [6.07, 6.45) is 3.66. The Labute approximate surface area is 174 Å². The van der Waals surface area contributed by atoms with Crippen LogP contribution in [0.25, 0.3) is 33.4 Å². The highest BCUT2D eigenvalue weighted by Gasteiger charge is 2.19. The second-order valence-corrected chi connectivity index (χ2v) is 7.44. The number of anilines is 1. The maximum Gasteiger partial charge on any atom is 0.126 e. The number of H-pyrrole nitrogens is 1. The van der Waals surface area contributed by atoms with Crippen molar-refractivity contribution >= 4 is 22.6 Å². The number of hydrogen-bond acceptors (Lipinski definition) is 5. The number of piperazine rings is 1. The standard InChI is InChI=1S/C23H23N7/c24-22(25)18-13-21(29-23(18)30-9-7-26-8-10-30)16-5-6-27-20(12-16)17-11-15-3-1-2-4-19(15)28-14-17/h1-6,11-14,26,29H,7-10H2,(H3,24,25). The van der Waals surface area contributed by atoms with E-state index in [2.05, 4.69) is 37.3 Å². The van der Waals surface area contributed by atoms with Gasteiger partial charge in [0.25, 0.3) is 0 Å². The van der Waals surface area contributed by atoms with Crippen LogP contribution < -0.4 is 16.0 Å². The van der Waals surface area contributed by atoms with Crippen LogP contribution in [0, 0.1) is 5.41 Å². The lowest BCUT2D eigenvalue weighted by Crippen LogP contribution is -2.44. The fourth-order valence-corrected chi connectivity index (χ4v) is 3.91. The van der Waals surface area contributed by atoms with Gasteiger partial charge in [0.05, 0.1) is 16.8 Å². The Balaban J connectivity index is 1.54. The van der Waals surface area contributed by atoms with Crippen LogP contribution in [-0.4, -0.2) is 47.0 Å². The van der Waals surface area contributed by atoms with Gasteiger partial charge in [-0.05, 0) is 30.3 Å². The van der Waals surface area contributed by atoms with Gasteiger partial charge in [-0.3, -0.25) is 15.4 Å². The fraction of sp³-hybridized carbons (Fsp3) is 0.174. The van der Waals surface area contributed by atoms with E-state index in [1.165, 1.54) is 0 Å². The SMILES string of the molecule is N=C(N)c1cc(-c2ccnc(-c3cnc4ccccc4c3)c2)[nH]c1N1CCNCC1. The molecule has 4 aromatic rings. The molecule has 4 heterocycles. The Morgan fingerprint density at radius 1 is 1.00 bits per heavy atom. The molecule has 5 N–H and O–H groups in total. The molecule has 0 atom stereocenters. The number of aromatic nitrogens is 3. The third-order valence-electron chi connectivity index (χ3n) is 5.48. The van der Waals surface area contributed by atoms with E-state index in [-0.39, 0.29) is 5.84 Å². The number of nitrogens with one attached hydrogen (secondary N) is 3. The first-order chi connectivity index (χ1) is 14.7. The lowest BCUT2D eigenvalue weighted by atomic mass is 10.1. The molecule has 0 unspecified atom stereocenters. The number of rotatable bonds is 4. The van der Waals surface area contributed by atoms with E-state index in [0.717, 1.165) is 71.0 Å². The molecule has 7 heteroatoms. The highest BCUT2D eigenvalue weighted by atomic mass is 15.2. The molecule has 3 aromatic heterocycles. The monoisotopic (exact) mass is 397 g/mol. The molecular formula is C23H23N7. The molecule has 0 radical (unpaired) electrons. The first-order valence-electron chi connectivity index (χ1n) is 10.0. The zero-order valence-corrected chi connectivity index (χ0v) is 16.5. The number of pyridine rings is 2. The Morgan fingerprint density at radius 2 is 1.83 bits per heavy atom. The summed E-state index contributed by atoms with van der Waals surface area (Å²) in [6.45, 7) is 3.59. The van der Waals surface area contributed by atoms with Crippen LogP contribution in [0.4, 0.5) is 5.82 Å². The van der Waals surface area contributed by atoms with E-state index >= 15 is 0 Å². The van der Waals surface area contributed by atoms with Crippen molar-refractivity contribution in [3.63, 3.8) is 0 Å². The van der Waals surface area contributed by atoms with Gasteiger partial charge in [-0.2, -0.15) is 0 Å². The summed E-state index contributed by atoms with van der Waals surface area (Å²) in [5.74, 6) is 0.976. The Kier molecular flexibility index (Phi) is 4.65. The molecule has 1 saturated heterocycles. The molecule has 1 aliphatic rings. The van der Waals surface area contributed by atoms with Gasteiger partial charge in [-0.25, -0.2) is 0 Å². The van der Waals surface area contributed by atoms with Crippen LogP contribution in [0.2, 0.25) is 0 Å². The average molecular weight is 397 g/mol. The van der Waals surface area contributed by atoms with Crippen LogP contribution >= 0.6 is 0 Å². The molecule has 1 aliphatic heterocycles. The van der Waals surface area contributed by atoms with Gasteiger partial charge in [0.1, 0.15) is 11.7 Å². The van der Waals surface area contributed by atoms with Crippen molar-refractivity contribution in [3.05, 3.63) is 66.5 Å². The highest BCUT2D eigenvalue weighted by molar-refractivity contribution is 6.01. The van der Waals surface area contributed by atoms with Crippen LogP contribution in [0.15, 0.2) is 60.9 Å². The molecule has 7 nitrogen and oxygen atoms in total. The van der Waals surface area contributed by atoms with Gasteiger partial charge in [0.2, 0.25) is 0 Å². The third-order valence-corrected chi connectivity index (χ3v) is 5.48. The zero-order chi connectivity index (χ0) is 20.5. The summed E-state index contributed by atoms with van der Waals surface area (Å²) >= 11 is 0. The third kappa shape index (κ3) is 3.40. The molecule has 0 bridgehead atoms. The van der Waals surface area contributed by atoms with E-state index in [1.54, 1.807) is 6.20 Å². The number of hydrogen-bond donors (Lipinski definition) is 4. The summed E-state index contributed by atoms with van der Waals surface area (Å²) in [5.41, 5.74) is 11.3. The molecule has 1 fully saturated rings. The molecule has 150 valence electrons. The van der Waals surface area contributed by atoms with Crippen LogP contribution in [0.1, 0.15) is 5.56 Å². The quantitative estimate of drug-likeness (QED) is 0.313. The van der Waals surface area contributed by atoms with Crippen LogP contribution in [0.5, 0.6) is 0 Å². The lowest BCUT2D eigenvalue weighted by molar-refractivity contribution is 0.585. The Morgan fingerprint density at radius 3 is 2.67 bits per heavy atom. The minimum absolute atomic E-state index is 0.0686. The van der Waals surface area contributed by atoms with Crippen molar-refractivity contribution < 1.29 is 0 Å². The van der Waals surface area contributed by atoms with Gasteiger partial charge in [-0.15, -0.1) is 0 Å². The summed E-state index contributed by atoms with van der Waals surface area (Å²) in [5, 5.41) is 12.5. The number of nitrogens with two attached hydrogens (primary N) is 1. The minimum Gasteiger partial charge on any atom is -0.384 e. The van der Waals surface area contributed by atoms with Gasteiger partial charge >= 0.3 is 0 Å².